The lowest BCUT2D eigenvalue weighted by atomic mass is 9.96. The predicted octanol–water partition coefficient (Wildman–Crippen LogP) is 9.02. The molecule has 42 heavy (non-hydrogen) atoms. The molecule has 4 aromatic carbocycles. The molecular formula is C36H39N3O3. The molecule has 1 saturated carbocycles. The molecule has 0 aliphatic heterocycles. The number of benzene rings is 4. The second-order valence-corrected chi connectivity index (χ2v) is 11.3. The SMILES string of the molecule is CCCCC(CC)OCc1ccc(-c2nc(OC3CCCC3)nc(-c3c4ccccc4cc4ccccc34)n2)c(O)c1. The first-order valence-electron chi connectivity index (χ1n) is 15.4. The van der Waals surface area contributed by atoms with Gasteiger partial charge < -0.3 is 14.6 Å². The minimum atomic E-state index is 0.0877. The Labute approximate surface area is 247 Å². The summed E-state index contributed by atoms with van der Waals surface area (Å²) in [6.45, 7) is 4.81. The molecule has 1 unspecified atom stereocenters. The predicted molar refractivity (Wildman–Crippen MR) is 169 cm³/mol. The van der Waals surface area contributed by atoms with E-state index in [4.69, 9.17) is 24.4 Å². The molecule has 1 N–H and O–H groups in total. The minimum absolute atomic E-state index is 0.0877. The summed E-state index contributed by atoms with van der Waals surface area (Å²) in [6.07, 6.45) is 8.92. The van der Waals surface area contributed by atoms with Crippen molar-refractivity contribution in [2.45, 2.75) is 84.0 Å². The van der Waals surface area contributed by atoms with Crippen molar-refractivity contribution in [2.24, 2.45) is 0 Å². The Bertz CT molecular complexity index is 1630. The third-order valence-electron chi connectivity index (χ3n) is 8.31. The summed E-state index contributed by atoms with van der Waals surface area (Å²) in [4.78, 5) is 14.6. The van der Waals surface area contributed by atoms with Crippen LogP contribution in [0.3, 0.4) is 0 Å². The molecule has 1 aliphatic rings. The molecule has 6 nitrogen and oxygen atoms in total. The van der Waals surface area contributed by atoms with Crippen LogP contribution in [0.25, 0.3) is 44.3 Å². The van der Waals surface area contributed by atoms with Gasteiger partial charge >= 0.3 is 6.01 Å². The number of phenols is 1. The first kappa shape index (κ1) is 28.1. The van der Waals surface area contributed by atoms with E-state index < -0.39 is 0 Å². The van der Waals surface area contributed by atoms with Gasteiger partial charge in [0.1, 0.15) is 11.9 Å². The highest BCUT2D eigenvalue weighted by molar-refractivity contribution is 6.11. The lowest BCUT2D eigenvalue weighted by Gasteiger charge is -2.17. The van der Waals surface area contributed by atoms with E-state index in [1.807, 2.05) is 36.4 Å². The summed E-state index contributed by atoms with van der Waals surface area (Å²) in [6, 6.07) is 24.7. The third kappa shape index (κ3) is 6.09. The highest BCUT2D eigenvalue weighted by atomic mass is 16.5. The van der Waals surface area contributed by atoms with Crippen LogP contribution in [0.5, 0.6) is 11.8 Å². The van der Waals surface area contributed by atoms with Crippen molar-refractivity contribution in [2.75, 3.05) is 0 Å². The lowest BCUT2D eigenvalue weighted by molar-refractivity contribution is 0.0312. The van der Waals surface area contributed by atoms with Crippen LogP contribution < -0.4 is 4.74 Å². The highest BCUT2D eigenvalue weighted by Gasteiger charge is 2.22. The monoisotopic (exact) mass is 561 g/mol. The molecule has 216 valence electrons. The maximum Gasteiger partial charge on any atom is 0.320 e. The first-order valence-corrected chi connectivity index (χ1v) is 15.4. The molecule has 0 bridgehead atoms. The molecular weight excluding hydrogens is 522 g/mol. The summed E-state index contributed by atoms with van der Waals surface area (Å²) >= 11 is 0. The molecule has 0 spiro atoms. The van der Waals surface area contributed by atoms with E-state index in [-0.39, 0.29) is 18.0 Å². The van der Waals surface area contributed by atoms with E-state index in [0.29, 0.717) is 29.8 Å². The van der Waals surface area contributed by atoms with Crippen molar-refractivity contribution < 1.29 is 14.6 Å². The smallest absolute Gasteiger partial charge is 0.320 e. The Morgan fingerprint density at radius 1 is 0.833 bits per heavy atom. The molecule has 0 saturated heterocycles. The standard InChI is InChI=1S/C36H39N3O3/c1-3-5-14-27(4-2)41-23-24-19-20-31(32(40)21-24)34-37-35(39-36(38-34)42-28-15-8-9-16-28)33-29-17-10-6-12-25(29)22-26-13-7-11-18-30(26)33/h6-7,10-13,17-22,27-28,40H,3-5,8-9,14-16,23H2,1-2H3. The molecule has 1 aliphatic carbocycles. The van der Waals surface area contributed by atoms with Crippen molar-refractivity contribution in [3.63, 3.8) is 0 Å². The summed E-state index contributed by atoms with van der Waals surface area (Å²) in [5, 5.41) is 15.5. The van der Waals surface area contributed by atoms with Gasteiger partial charge in [0, 0.05) is 5.56 Å². The number of aromatic nitrogens is 3. The Hall–Kier alpha value is -4.03. The topological polar surface area (TPSA) is 77.4 Å². The Morgan fingerprint density at radius 2 is 1.52 bits per heavy atom. The van der Waals surface area contributed by atoms with Crippen molar-refractivity contribution in [3.05, 3.63) is 78.4 Å². The van der Waals surface area contributed by atoms with Gasteiger partial charge in [-0.1, -0.05) is 81.3 Å². The van der Waals surface area contributed by atoms with Crippen LogP contribution in [0, 0.1) is 0 Å². The van der Waals surface area contributed by atoms with Gasteiger partial charge in [0.25, 0.3) is 0 Å². The van der Waals surface area contributed by atoms with Crippen molar-refractivity contribution in [3.8, 4) is 34.5 Å². The molecule has 0 amide bonds. The van der Waals surface area contributed by atoms with E-state index >= 15 is 0 Å². The fourth-order valence-electron chi connectivity index (χ4n) is 5.96. The Balaban J connectivity index is 1.42. The fourth-order valence-corrected chi connectivity index (χ4v) is 5.96. The van der Waals surface area contributed by atoms with Crippen molar-refractivity contribution in [1.29, 1.82) is 0 Å². The van der Waals surface area contributed by atoms with Crippen molar-refractivity contribution in [1.82, 2.24) is 15.0 Å². The van der Waals surface area contributed by atoms with Crippen LogP contribution in [0.1, 0.15) is 70.8 Å². The average Bonchev–Trinajstić information content (AvgIpc) is 3.53. The number of phenolic OH excluding ortho intramolecular Hbond substituents is 1. The molecule has 1 heterocycles. The van der Waals surface area contributed by atoms with E-state index in [2.05, 4.69) is 44.2 Å². The zero-order chi connectivity index (χ0) is 28.9. The number of nitrogens with zero attached hydrogens (tertiary/aromatic N) is 3. The summed E-state index contributed by atoms with van der Waals surface area (Å²) in [7, 11) is 0. The van der Waals surface area contributed by atoms with E-state index in [1.54, 1.807) is 6.07 Å². The van der Waals surface area contributed by atoms with E-state index in [9.17, 15) is 5.11 Å². The van der Waals surface area contributed by atoms with Gasteiger partial charge in [0.2, 0.25) is 0 Å². The number of hydrogen-bond donors (Lipinski definition) is 1. The van der Waals surface area contributed by atoms with Crippen LogP contribution in [0.2, 0.25) is 0 Å². The number of aromatic hydroxyl groups is 1. The van der Waals surface area contributed by atoms with Gasteiger partial charge in [-0.25, -0.2) is 4.98 Å². The summed E-state index contributed by atoms with van der Waals surface area (Å²) in [5.74, 6) is 1.04. The zero-order valence-corrected chi connectivity index (χ0v) is 24.6. The third-order valence-corrected chi connectivity index (χ3v) is 8.31. The molecule has 6 heteroatoms. The van der Waals surface area contributed by atoms with Gasteiger partial charge in [0.15, 0.2) is 11.6 Å². The van der Waals surface area contributed by atoms with Gasteiger partial charge in [0.05, 0.1) is 18.3 Å². The van der Waals surface area contributed by atoms with Crippen molar-refractivity contribution >= 4 is 21.5 Å². The molecule has 1 atom stereocenters. The number of ether oxygens (including phenoxy) is 2. The van der Waals surface area contributed by atoms with Crippen LogP contribution in [0.15, 0.2) is 72.8 Å². The average molecular weight is 562 g/mol. The minimum Gasteiger partial charge on any atom is -0.507 e. The maximum absolute atomic E-state index is 11.2. The van der Waals surface area contributed by atoms with Gasteiger partial charge in [-0.2, -0.15) is 9.97 Å². The summed E-state index contributed by atoms with van der Waals surface area (Å²) < 4.78 is 12.5. The quantitative estimate of drug-likeness (QED) is 0.162. The maximum atomic E-state index is 11.2. The largest absolute Gasteiger partial charge is 0.507 e. The van der Waals surface area contributed by atoms with Gasteiger partial charge in [-0.05, 0) is 83.8 Å². The normalized spacial score (nSPS) is 14.5. The Kier molecular flexibility index (Phi) is 8.61. The number of unbranched alkanes of at least 4 members (excludes halogenated alkanes) is 1. The molecule has 1 aromatic heterocycles. The second-order valence-electron chi connectivity index (χ2n) is 11.3. The number of hydrogen-bond acceptors (Lipinski definition) is 6. The highest BCUT2D eigenvalue weighted by Crippen LogP contribution is 2.37. The molecule has 1 fully saturated rings. The first-order chi connectivity index (χ1) is 20.6. The number of fused-ring (bicyclic) bond motifs is 2. The van der Waals surface area contributed by atoms with E-state index in [0.717, 1.165) is 84.0 Å². The molecule has 6 rings (SSSR count). The van der Waals surface area contributed by atoms with Crippen LogP contribution >= 0.6 is 0 Å². The van der Waals surface area contributed by atoms with Gasteiger partial charge in [-0.3, -0.25) is 0 Å². The van der Waals surface area contributed by atoms with Crippen LogP contribution in [0.4, 0.5) is 0 Å². The Morgan fingerprint density at radius 3 is 2.19 bits per heavy atom. The van der Waals surface area contributed by atoms with E-state index in [1.165, 1.54) is 0 Å². The van der Waals surface area contributed by atoms with Crippen LogP contribution in [-0.2, 0) is 11.3 Å². The van der Waals surface area contributed by atoms with Gasteiger partial charge in [-0.15, -0.1) is 0 Å². The summed E-state index contributed by atoms with van der Waals surface area (Å²) in [5.41, 5.74) is 2.40. The second kappa shape index (κ2) is 12.9. The zero-order valence-electron chi connectivity index (χ0n) is 24.6. The van der Waals surface area contributed by atoms with Crippen LogP contribution in [-0.4, -0.2) is 32.3 Å². The fraction of sp³-hybridized carbons (Fsp3) is 0.361. The number of rotatable bonds is 11. The molecule has 5 aromatic rings. The lowest BCUT2D eigenvalue weighted by Crippen LogP contribution is -2.14. The molecule has 0 radical (unpaired) electrons.